The van der Waals surface area contributed by atoms with Gasteiger partial charge < -0.3 is 24.8 Å². The number of hydrogen-bond donors (Lipinski definition) is 2. The molecule has 2 aliphatic heterocycles. The molecule has 2 unspecified atom stereocenters. The van der Waals surface area contributed by atoms with E-state index in [1.54, 1.807) is 0 Å². The van der Waals surface area contributed by atoms with Crippen molar-refractivity contribution in [2.75, 3.05) is 32.9 Å². The number of fused-ring (bicyclic) bond motifs is 3. The van der Waals surface area contributed by atoms with E-state index in [9.17, 15) is 9.59 Å². The van der Waals surface area contributed by atoms with Gasteiger partial charge in [0.05, 0.1) is 26.4 Å². The Morgan fingerprint density at radius 3 is 2.74 bits per heavy atom. The van der Waals surface area contributed by atoms with Crippen LogP contribution in [-0.4, -0.2) is 66.7 Å². The molecule has 2 N–H and O–H groups in total. The van der Waals surface area contributed by atoms with Crippen LogP contribution in [0.5, 0.6) is 0 Å². The predicted molar refractivity (Wildman–Crippen MR) is 113 cm³/mol. The molecule has 2 heterocycles. The highest BCUT2D eigenvalue weighted by Crippen LogP contribution is 2.37. The maximum atomic E-state index is 13.3. The van der Waals surface area contributed by atoms with Crippen LogP contribution in [0.15, 0.2) is 59.6 Å². The Morgan fingerprint density at radius 1 is 1.16 bits per heavy atom. The van der Waals surface area contributed by atoms with Crippen molar-refractivity contribution in [1.29, 1.82) is 0 Å². The lowest BCUT2D eigenvalue weighted by Gasteiger charge is -2.22. The van der Waals surface area contributed by atoms with Crippen LogP contribution in [0.2, 0.25) is 0 Å². The SMILES string of the molecule is O=C(CN1Cc2ccccc2C2OC(c3ccccc3)=NC2C1=O)NCCOCCO. The molecule has 2 aliphatic rings. The quantitative estimate of drug-likeness (QED) is 0.618. The molecule has 0 spiro atoms. The lowest BCUT2D eigenvalue weighted by molar-refractivity contribution is -0.138. The third kappa shape index (κ3) is 4.76. The molecule has 0 aliphatic carbocycles. The van der Waals surface area contributed by atoms with E-state index in [1.807, 2.05) is 54.6 Å². The lowest BCUT2D eigenvalue weighted by Crippen LogP contribution is -2.44. The molecule has 0 saturated carbocycles. The Morgan fingerprint density at radius 2 is 1.94 bits per heavy atom. The number of aliphatic hydroxyl groups excluding tert-OH is 1. The molecule has 0 aromatic heterocycles. The first-order valence-electron chi connectivity index (χ1n) is 10.3. The van der Waals surface area contributed by atoms with Crippen LogP contribution in [0.3, 0.4) is 0 Å². The van der Waals surface area contributed by atoms with Crippen molar-refractivity contribution in [2.24, 2.45) is 4.99 Å². The smallest absolute Gasteiger partial charge is 0.252 e. The largest absolute Gasteiger partial charge is 0.466 e. The van der Waals surface area contributed by atoms with Gasteiger partial charge in [-0.2, -0.15) is 0 Å². The molecular weight excluding hydrogens is 398 g/mol. The van der Waals surface area contributed by atoms with Gasteiger partial charge in [-0.05, 0) is 17.7 Å². The van der Waals surface area contributed by atoms with Gasteiger partial charge in [-0.1, -0.05) is 42.5 Å². The van der Waals surface area contributed by atoms with Gasteiger partial charge in [0.25, 0.3) is 5.91 Å². The summed E-state index contributed by atoms with van der Waals surface area (Å²) in [6.07, 6.45) is -0.515. The second kappa shape index (κ2) is 9.72. The highest BCUT2D eigenvalue weighted by molar-refractivity contribution is 5.99. The molecule has 0 saturated heterocycles. The minimum Gasteiger partial charge on any atom is -0.466 e. The summed E-state index contributed by atoms with van der Waals surface area (Å²) < 4.78 is 11.3. The Labute approximate surface area is 180 Å². The number of aliphatic imine (C=N–C) groups is 1. The summed E-state index contributed by atoms with van der Waals surface area (Å²) >= 11 is 0. The van der Waals surface area contributed by atoms with Crippen molar-refractivity contribution in [2.45, 2.75) is 18.7 Å². The summed E-state index contributed by atoms with van der Waals surface area (Å²) in [7, 11) is 0. The topological polar surface area (TPSA) is 100 Å². The van der Waals surface area contributed by atoms with Crippen molar-refractivity contribution in [3.63, 3.8) is 0 Å². The maximum absolute atomic E-state index is 13.3. The average Bonchev–Trinajstić information content (AvgIpc) is 3.20. The summed E-state index contributed by atoms with van der Waals surface area (Å²) in [5.41, 5.74) is 2.66. The Kier molecular flexibility index (Phi) is 6.59. The van der Waals surface area contributed by atoms with Crippen LogP contribution in [-0.2, 0) is 25.6 Å². The van der Waals surface area contributed by atoms with Crippen LogP contribution in [0.25, 0.3) is 0 Å². The molecule has 0 radical (unpaired) electrons. The Bertz CT molecular complexity index is 963. The second-order valence-electron chi connectivity index (χ2n) is 7.36. The van der Waals surface area contributed by atoms with Crippen LogP contribution >= 0.6 is 0 Å². The Hall–Kier alpha value is -3.23. The molecule has 2 aromatic rings. The van der Waals surface area contributed by atoms with E-state index in [-0.39, 0.29) is 31.6 Å². The number of nitrogens with zero attached hydrogens (tertiary/aromatic N) is 2. The summed E-state index contributed by atoms with van der Waals surface area (Å²) in [5.74, 6) is -0.0760. The fourth-order valence-electron chi connectivity index (χ4n) is 3.77. The highest BCUT2D eigenvalue weighted by Gasteiger charge is 2.43. The van der Waals surface area contributed by atoms with Gasteiger partial charge in [0.15, 0.2) is 12.1 Å². The first kappa shape index (κ1) is 21.0. The van der Waals surface area contributed by atoms with Gasteiger partial charge >= 0.3 is 0 Å². The number of amides is 2. The van der Waals surface area contributed by atoms with Gasteiger partial charge in [-0.25, -0.2) is 4.99 Å². The first-order valence-corrected chi connectivity index (χ1v) is 10.3. The van der Waals surface area contributed by atoms with Crippen molar-refractivity contribution >= 4 is 17.7 Å². The molecule has 2 atom stereocenters. The average molecular weight is 423 g/mol. The zero-order valence-corrected chi connectivity index (χ0v) is 17.1. The molecule has 8 nitrogen and oxygen atoms in total. The van der Waals surface area contributed by atoms with Crippen LogP contribution < -0.4 is 5.32 Å². The number of nitrogens with one attached hydrogen (secondary N) is 1. The number of ether oxygens (including phenoxy) is 2. The number of aliphatic hydroxyl groups is 1. The monoisotopic (exact) mass is 423 g/mol. The van der Waals surface area contributed by atoms with Crippen molar-refractivity contribution in [3.05, 3.63) is 71.3 Å². The molecule has 2 aromatic carbocycles. The lowest BCUT2D eigenvalue weighted by atomic mass is 9.99. The Balaban J connectivity index is 1.52. The van der Waals surface area contributed by atoms with E-state index in [0.29, 0.717) is 25.6 Å². The van der Waals surface area contributed by atoms with Crippen molar-refractivity contribution in [3.8, 4) is 0 Å². The van der Waals surface area contributed by atoms with Crippen LogP contribution in [0.4, 0.5) is 0 Å². The van der Waals surface area contributed by atoms with Gasteiger partial charge in [-0.3, -0.25) is 9.59 Å². The standard InChI is InChI=1S/C23H25N3O5/c27-11-13-30-12-10-24-19(28)15-26-14-17-8-4-5-9-18(17)21-20(23(26)29)25-22(31-21)16-6-2-1-3-7-16/h1-9,20-21,27H,10-15H2,(H,24,28). The van der Waals surface area contributed by atoms with E-state index in [4.69, 9.17) is 14.6 Å². The van der Waals surface area contributed by atoms with Crippen molar-refractivity contribution < 1.29 is 24.2 Å². The number of carbonyl (C=O) groups excluding carboxylic acids is 2. The second-order valence-corrected chi connectivity index (χ2v) is 7.36. The molecule has 8 heteroatoms. The maximum Gasteiger partial charge on any atom is 0.252 e. The third-order valence-corrected chi connectivity index (χ3v) is 5.23. The number of hydrogen-bond acceptors (Lipinski definition) is 6. The van der Waals surface area contributed by atoms with E-state index in [2.05, 4.69) is 10.3 Å². The summed E-state index contributed by atoms with van der Waals surface area (Å²) in [5, 5.41) is 11.5. The molecular formula is C23H25N3O5. The van der Waals surface area contributed by atoms with E-state index in [0.717, 1.165) is 16.7 Å². The van der Waals surface area contributed by atoms with Crippen LogP contribution in [0, 0.1) is 0 Å². The van der Waals surface area contributed by atoms with Gasteiger partial charge in [0.1, 0.15) is 0 Å². The fourth-order valence-corrected chi connectivity index (χ4v) is 3.77. The molecule has 0 bridgehead atoms. The highest BCUT2D eigenvalue weighted by atomic mass is 16.5. The zero-order chi connectivity index (χ0) is 21.6. The predicted octanol–water partition coefficient (Wildman–Crippen LogP) is 1.04. The molecule has 31 heavy (non-hydrogen) atoms. The minimum atomic E-state index is -0.737. The summed E-state index contributed by atoms with van der Waals surface area (Å²) in [4.78, 5) is 31.9. The summed E-state index contributed by atoms with van der Waals surface area (Å²) in [6.45, 7) is 1.01. The van der Waals surface area contributed by atoms with E-state index in [1.165, 1.54) is 4.90 Å². The van der Waals surface area contributed by atoms with Gasteiger partial charge in [0, 0.05) is 24.2 Å². The first-order chi connectivity index (χ1) is 15.2. The van der Waals surface area contributed by atoms with E-state index < -0.39 is 12.1 Å². The summed E-state index contributed by atoms with van der Waals surface area (Å²) in [6, 6.07) is 16.5. The number of benzene rings is 2. The number of rotatable bonds is 8. The van der Waals surface area contributed by atoms with Gasteiger partial charge in [0.2, 0.25) is 11.8 Å². The fraction of sp³-hybridized carbons (Fsp3) is 0.348. The zero-order valence-electron chi connectivity index (χ0n) is 17.1. The van der Waals surface area contributed by atoms with Crippen LogP contribution in [0.1, 0.15) is 22.8 Å². The third-order valence-electron chi connectivity index (χ3n) is 5.23. The molecule has 2 amide bonds. The normalized spacial score (nSPS) is 19.7. The molecule has 162 valence electrons. The number of carbonyl (C=O) groups is 2. The molecule has 4 rings (SSSR count). The molecule has 0 fully saturated rings. The van der Waals surface area contributed by atoms with Crippen molar-refractivity contribution in [1.82, 2.24) is 10.2 Å². The van der Waals surface area contributed by atoms with Gasteiger partial charge in [-0.15, -0.1) is 0 Å². The van der Waals surface area contributed by atoms with E-state index >= 15 is 0 Å². The minimum absolute atomic E-state index is 0.0637.